The van der Waals surface area contributed by atoms with Crippen LogP contribution < -0.4 is 9.80 Å². The number of hydrogen-bond donors (Lipinski definition) is 0. The normalized spacial score (nSPS) is 17.4. The van der Waals surface area contributed by atoms with Gasteiger partial charge in [-0.2, -0.15) is 0 Å². The van der Waals surface area contributed by atoms with Gasteiger partial charge in [-0.05, 0) is 148 Å². The Hall–Kier alpha value is -8.40. The summed E-state index contributed by atoms with van der Waals surface area (Å²) in [5, 5.41) is 2.51. The molecule has 0 amide bonds. The second-order valence-electron chi connectivity index (χ2n) is 20.1. The number of fused-ring (bicyclic) bond motifs is 9. The zero-order valence-corrected chi connectivity index (χ0v) is 39.9. The number of para-hydroxylation sites is 3. The van der Waals surface area contributed by atoms with E-state index in [1.165, 1.54) is 115 Å². The van der Waals surface area contributed by atoms with Gasteiger partial charge in [0.1, 0.15) is 0 Å². The third kappa shape index (κ3) is 6.28. The summed E-state index contributed by atoms with van der Waals surface area (Å²) in [6.45, 7) is 2.51. The molecule has 340 valence electrons. The minimum atomic E-state index is -0.512. The molecule has 2 unspecified atom stereocenters. The van der Waals surface area contributed by atoms with Gasteiger partial charge in [0.2, 0.25) is 0 Å². The van der Waals surface area contributed by atoms with E-state index in [0.29, 0.717) is 6.04 Å². The summed E-state index contributed by atoms with van der Waals surface area (Å²) >= 11 is 0. The van der Waals surface area contributed by atoms with Crippen molar-refractivity contribution in [1.82, 2.24) is 4.57 Å². The van der Waals surface area contributed by atoms with Crippen LogP contribution in [-0.4, -0.2) is 10.6 Å². The maximum atomic E-state index is 2.66. The van der Waals surface area contributed by atoms with Crippen LogP contribution in [0.15, 0.2) is 249 Å². The molecule has 11 aromatic rings. The van der Waals surface area contributed by atoms with E-state index in [-0.39, 0.29) is 5.41 Å². The molecule has 3 nitrogen and oxygen atoms in total. The molecule has 3 aliphatic rings. The summed E-state index contributed by atoms with van der Waals surface area (Å²) in [7, 11) is 0. The third-order valence-electron chi connectivity index (χ3n) is 16.5. The quantitative estimate of drug-likeness (QED) is 0.150. The predicted octanol–water partition coefficient (Wildman–Crippen LogP) is 17.6. The Morgan fingerprint density at radius 1 is 0.423 bits per heavy atom. The van der Waals surface area contributed by atoms with Gasteiger partial charge in [0.05, 0.1) is 16.4 Å². The Kier molecular flexibility index (Phi) is 9.58. The molecular weight excluding hydrogens is 859 g/mol. The molecule has 1 aromatic heterocycles. The van der Waals surface area contributed by atoms with Crippen molar-refractivity contribution in [2.45, 2.75) is 49.5 Å². The van der Waals surface area contributed by atoms with Gasteiger partial charge in [-0.25, -0.2) is 0 Å². The number of rotatable bonds is 8. The van der Waals surface area contributed by atoms with E-state index in [2.05, 4.69) is 270 Å². The van der Waals surface area contributed by atoms with Gasteiger partial charge in [-0.1, -0.05) is 184 Å². The number of benzene rings is 10. The van der Waals surface area contributed by atoms with Crippen molar-refractivity contribution in [3.8, 4) is 27.9 Å². The van der Waals surface area contributed by atoms with E-state index >= 15 is 0 Å². The lowest BCUT2D eigenvalue weighted by Crippen LogP contribution is -2.43. The fourth-order valence-corrected chi connectivity index (χ4v) is 13.3. The van der Waals surface area contributed by atoms with Crippen LogP contribution in [-0.2, 0) is 10.8 Å². The largest absolute Gasteiger partial charge is 0.337 e. The lowest BCUT2D eigenvalue weighted by atomic mass is 9.67. The molecule has 10 aromatic carbocycles. The van der Waals surface area contributed by atoms with Gasteiger partial charge in [0, 0.05) is 56.4 Å². The number of nitrogens with zero attached hydrogens (tertiary/aromatic N) is 3. The van der Waals surface area contributed by atoms with E-state index in [1.54, 1.807) is 0 Å². The molecule has 1 fully saturated rings. The van der Waals surface area contributed by atoms with Crippen molar-refractivity contribution >= 4 is 50.2 Å². The molecular formula is C68H53N3. The summed E-state index contributed by atoms with van der Waals surface area (Å²) < 4.78 is 2.39. The van der Waals surface area contributed by atoms with Crippen molar-refractivity contribution in [2.24, 2.45) is 0 Å². The summed E-state index contributed by atoms with van der Waals surface area (Å²) in [6.07, 6.45) is 4.99. The van der Waals surface area contributed by atoms with Crippen LogP contribution in [0.1, 0.15) is 60.4 Å². The molecule has 0 N–H and O–H groups in total. The fraction of sp³-hybridized carbons (Fsp3) is 0.118. The van der Waals surface area contributed by atoms with Crippen LogP contribution in [0.2, 0.25) is 0 Å². The van der Waals surface area contributed by atoms with Gasteiger partial charge in [-0.15, -0.1) is 0 Å². The topological polar surface area (TPSA) is 11.4 Å². The predicted molar refractivity (Wildman–Crippen MR) is 296 cm³/mol. The summed E-state index contributed by atoms with van der Waals surface area (Å²) in [5.74, 6) is 0. The van der Waals surface area contributed by atoms with Gasteiger partial charge in [0.25, 0.3) is 0 Å². The van der Waals surface area contributed by atoms with Crippen LogP contribution in [0.4, 0.5) is 28.4 Å². The molecule has 1 aliphatic heterocycles. The van der Waals surface area contributed by atoms with E-state index in [1.807, 2.05) is 0 Å². The fourth-order valence-electron chi connectivity index (χ4n) is 13.3. The SMILES string of the molecule is CC12CCCCC1N(c1ccc(N(c3ccc(-c4ccc5c(c4)c4ccccc4n5-c4ccccc4)cc3)c3ccc4c(c3)C(c3ccccc3)(c3ccccc3)c3ccccc3-4)cc1)c1ccccc12. The molecule has 71 heavy (non-hydrogen) atoms. The average Bonchev–Trinajstić information content (AvgIpc) is 4.03. The van der Waals surface area contributed by atoms with Crippen molar-refractivity contribution in [1.29, 1.82) is 0 Å². The molecule has 2 atom stereocenters. The average molecular weight is 912 g/mol. The van der Waals surface area contributed by atoms with Gasteiger partial charge >= 0.3 is 0 Å². The highest BCUT2D eigenvalue weighted by Crippen LogP contribution is 2.58. The monoisotopic (exact) mass is 911 g/mol. The standard InChI is InChI=1S/C68H53N3/c1-67-44-18-17-31-66(67)71(65-30-16-14-28-61(65)67)54-39-37-53(38-40-54)69(52-35-32-47(33-36-52)48-34-43-64-59(45-48)58-26-12-15-29-63(58)70(64)51-23-9-4-10-24-51)55-41-42-57-56-25-11-13-27-60(56)68(62(57)46-55,49-19-5-2-6-20-49)50-21-7-3-8-22-50/h2-16,19-30,32-43,45-46,66H,17-18,31,44H2,1H3. The number of aromatic nitrogens is 1. The summed E-state index contributed by atoms with van der Waals surface area (Å²) in [6, 6.07) is 93.2. The zero-order chi connectivity index (χ0) is 47.1. The van der Waals surface area contributed by atoms with E-state index < -0.39 is 5.41 Å². The Balaban J connectivity index is 0.922. The highest BCUT2D eigenvalue weighted by Gasteiger charge is 2.49. The molecule has 14 rings (SSSR count). The van der Waals surface area contributed by atoms with E-state index in [0.717, 1.165) is 17.1 Å². The molecule has 0 bridgehead atoms. The molecule has 3 heteroatoms. The zero-order valence-electron chi connectivity index (χ0n) is 39.9. The summed E-state index contributed by atoms with van der Waals surface area (Å²) in [5.41, 5.74) is 20.8. The first-order valence-electron chi connectivity index (χ1n) is 25.4. The number of anilines is 5. The van der Waals surface area contributed by atoms with Crippen molar-refractivity contribution in [3.63, 3.8) is 0 Å². The van der Waals surface area contributed by atoms with E-state index in [4.69, 9.17) is 0 Å². The van der Waals surface area contributed by atoms with Gasteiger partial charge in [0.15, 0.2) is 0 Å². The van der Waals surface area contributed by atoms with Crippen LogP contribution in [0.25, 0.3) is 49.7 Å². The van der Waals surface area contributed by atoms with Crippen LogP contribution >= 0.6 is 0 Å². The molecule has 1 saturated carbocycles. The third-order valence-corrected chi connectivity index (χ3v) is 16.5. The maximum Gasteiger partial charge on any atom is 0.0714 e. The molecule has 0 spiro atoms. The van der Waals surface area contributed by atoms with Crippen LogP contribution in [0, 0.1) is 0 Å². The second kappa shape index (κ2) is 16.4. The smallest absolute Gasteiger partial charge is 0.0714 e. The molecule has 0 saturated heterocycles. The Morgan fingerprint density at radius 2 is 1.00 bits per heavy atom. The van der Waals surface area contributed by atoms with Gasteiger partial charge < -0.3 is 14.4 Å². The highest BCUT2D eigenvalue weighted by atomic mass is 15.2. The maximum absolute atomic E-state index is 2.66. The first-order chi connectivity index (χ1) is 35.1. The lowest BCUT2D eigenvalue weighted by molar-refractivity contribution is 0.290. The molecule has 2 heterocycles. The Bertz CT molecular complexity index is 3740. The van der Waals surface area contributed by atoms with Gasteiger partial charge in [-0.3, -0.25) is 0 Å². The molecule has 2 aliphatic carbocycles. The highest BCUT2D eigenvalue weighted by molar-refractivity contribution is 6.10. The minimum Gasteiger partial charge on any atom is -0.337 e. The van der Waals surface area contributed by atoms with Crippen molar-refractivity contribution in [3.05, 3.63) is 277 Å². The molecule has 0 radical (unpaired) electrons. The van der Waals surface area contributed by atoms with Crippen molar-refractivity contribution < 1.29 is 0 Å². The Labute approximate surface area is 416 Å². The Morgan fingerprint density at radius 3 is 1.75 bits per heavy atom. The lowest BCUT2D eigenvalue weighted by Gasteiger charge is -2.40. The summed E-state index contributed by atoms with van der Waals surface area (Å²) in [4.78, 5) is 5.13. The number of hydrogen-bond acceptors (Lipinski definition) is 2. The first-order valence-corrected chi connectivity index (χ1v) is 25.4. The van der Waals surface area contributed by atoms with E-state index in [9.17, 15) is 0 Å². The first kappa shape index (κ1) is 41.6. The second-order valence-corrected chi connectivity index (χ2v) is 20.1. The van der Waals surface area contributed by atoms with Crippen molar-refractivity contribution in [2.75, 3.05) is 9.80 Å². The minimum absolute atomic E-state index is 0.150. The van der Waals surface area contributed by atoms with Crippen LogP contribution in [0.5, 0.6) is 0 Å². The van der Waals surface area contributed by atoms with Crippen LogP contribution in [0.3, 0.4) is 0 Å².